The second-order valence-electron chi connectivity index (χ2n) is 9.32. The number of aromatic nitrogens is 2. The van der Waals surface area contributed by atoms with Crippen LogP contribution in [0, 0.1) is 18.3 Å². The van der Waals surface area contributed by atoms with Crippen molar-refractivity contribution in [1.82, 2.24) is 19.7 Å². The molecule has 1 aromatic heterocycles. The lowest BCUT2D eigenvalue weighted by Crippen LogP contribution is -2.60. The number of amides is 1. The smallest absolute Gasteiger partial charge is 0.256 e. The molecule has 4 aliphatic rings. The Balaban J connectivity index is 1.20. The van der Waals surface area contributed by atoms with Crippen LogP contribution >= 0.6 is 11.8 Å². The summed E-state index contributed by atoms with van der Waals surface area (Å²) >= 11 is 1.82. The molecular weight excluding hydrogens is 458 g/mol. The van der Waals surface area contributed by atoms with Crippen molar-refractivity contribution in [2.24, 2.45) is 0 Å². The van der Waals surface area contributed by atoms with Crippen LogP contribution in [0.25, 0.3) is 5.69 Å². The van der Waals surface area contributed by atoms with Crippen molar-refractivity contribution >= 4 is 23.5 Å². The van der Waals surface area contributed by atoms with Crippen LogP contribution < -0.4 is 4.90 Å². The standard InChI is InChI=1S/C26H28N7OS/c1-20-15-25(32(28-20)24-7-3-2-5-21(24)17-27)29-8-10-31(11-9-29)33-13-4-6-23(33)16-22(18-33)26(34)30-12-14-35-19-30/h2-7,13,15-16H,8-12,14,18-19H2,1H3/q+1/t33-/m1/s1. The highest BCUT2D eigenvalue weighted by Gasteiger charge is 2.48. The van der Waals surface area contributed by atoms with Gasteiger partial charge in [-0.1, -0.05) is 12.1 Å². The first-order chi connectivity index (χ1) is 17.1. The van der Waals surface area contributed by atoms with Gasteiger partial charge in [-0.05, 0) is 25.1 Å². The summed E-state index contributed by atoms with van der Waals surface area (Å²) in [6.07, 6.45) is 8.58. The molecule has 2 aromatic rings. The average molecular weight is 487 g/mol. The number of thioether (sulfide) groups is 1. The number of rotatable bonds is 4. The van der Waals surface area contributed by atoms with Crippen LogP contribution in [-0.2, 0) is 4.79 Å². The first-order valence-electron chi connectivity index (χ1n) is 12.0. The molecule has 2 saturated heterocycles. The van der Waals surface area contributed by atoms with Gasteiger partial charge in [0.15, 0.2) is 5.70 Å². The van der Waals surface area contributed by atoms with Gasteiger partial charge in [-0.2, -0.15) is 15.0 Å². The number of aryl methyl sites for hydroxylation is 1. The molecule has 0 bridgehead atoms. The molecule has 35 heavy (non-hydrogen) atoms. The van der Waals surface area contributed by atoms with E-state index in [9.17, 15) is 10.1 Å². The van der Waals surface area contributed by atoms with E-state index in [0.717, 1.165) is 67.1 Å². The second kappa shape index (κ2) is 8.72. The molecular formula is C26H28N7OS+. The Labute approximate surface area is 209 Å². The second-order valence-corrected chi connectivity index (χ2v) is 10.4. The molecule has 0 radical (unpaired) electrons. The summed E-state index contributed by atoms with van der Waals surface area (Å²) in [4.78, 5) is 17.4. The predicted octanol–water partition coefficient (Wildman–Crippen LogP) is 2.79. The van der Waals surface area contributed by atoms with Crippen LogP contribution in [-0.4, -0.2) is 81.1 Å². The Morgan fingerprint density at radius 2 is 2.00 bits per heavy atom. The zero-order valence-electron chi connectivity index (χ0n) is 19.8. The number of benzene rings is 1. The van der Waals surface area contributed by atoms with E-state index in [1.54, 1.807) is 0 Å². The number of piperazine rings is 1. The Morgan fingerprint density at radius 3 is 2.77 bits per heavy atom. The molecule has 2 fully saturated rings. The number of nitriles is 1. The van der Waals surface area contributed by atoms with E-state index in [2.05, 4.69) is 46.5 Å². The third-order valence-electron chi connectivity index (χ3n) is 7.25. The Hall–Kier alpha value is -3.32. The molecule has 0 spiro atoms. The number of quaternary nitrogens is 1. The van der Waals surface area contributed by atoms with Crippen LogP contribution in [0.3, 0.4) is 0 Å². The molecule has 1 aromatic carbocycles. The highest BCUT2D eigenvalue weighted by atomic mass is 32.2. The number of carbonyl (C=O) groups excluding carboxylic acids is 1. The van der Waals surface area contributed by atoms with Gasteiger partial charge in [0.05, 0.1) is 41.5 Å². The van der Waals surface area contributed by atoms with Gasteiger partial charge >= 0.3 is 0 Å². The molecule has 0 unspecified atom stereocenters. The minimum atomic E-state index is 0.186. The third kappa shape index (κ3) is 3.69. The van der Waals surface area contributed by atoms with Crippen LogP contribution in [0.5, 0.6) is 0 Å². The molecule has 4 aliphatic heterocycles. The fourth-order valence-electron chi connectivity index (χ4n) is 5.47. The molecule has 0 aliphatic carbocycles. The summed E-state index contributed by atoms with van der Waals surface area (Å²) < 4.78 is 2.52. The van der Waals surface area contributed by atoms with Gasteiger partial charge in [0.2, 0.25) is 0 Å². The van der Waals surface area contributed by atoms with Crippen molar-refractivity contribution < 1.29 is 9.39 Å². The Bertz CT molecular complexity index is 1310. The monoisotopic (exact) mass is 486 g/mol. The fourth-order valence-corrected chi connectivity index (χ4v) is 6.42. The molecule has 1 amide bonds. The predicted molar refractivity (Wildman–Crippen MR) is 136 cm³/mol. The van der Waals surface area contributed by atoms with E-state index < -0.39 is 0 Å². The van der Waals surface area contributed by atoms with Gasteiger partial charge < -0.3 is 9.80 Å². The summed E-state index contributed by atoms with van der Waals surface area (Å²) in [5.41, 5.74) is 4.44. The number of carbonyl (C=O) groups is 1. The lowest BCUT2D eigenvalue weighted by Gasteiger charge is -2.44. The van der Waals surface area contributed by atoms with E-state index in [1.165, 1.54) is 5.70 Å². The normalized spacial score (nSPS) is 23.9. The largest absolute Gasteiger partial charge is 0.353 e. The maximum absolute atomic E-state index is 13.1. The molecule has 0 saturated carbocycles. The van der Waals surface area contributed by atoms with E-state index in [-0.39, 0.29) is 5.91 Å². The van der Waals surface area contributed by atoms with E-state index >= 15 is 0 Å². The summed E-state index contributed by atoms with van der Waals surface area (Å²) in [7, 11) is 0. The SMILES string of the molecule is Cc1cc(N2CCN([N@@+]34C=CC=C3C=C(C(=O)N3CCSC3)C4)CC2)n(-c2ccccc2C#N)n1. The number of hydrogen-bond donors (Lipinski definition) is 0. The first-order valence-corrected chi connectivity index (χ1v) is 13.2. The first kappa shape index (κ1) is 22.2. The fraction of sp³-hybridized carbons (Fsp3) is 0.346. The number of anilines is 1. The molecule has 0 N–H and O–H groups in total. The average Bonchev–Trinajstić information content (AvgIpc) is 3.67. The highest BCUT2D eigenvalue weighted by molar-refractivity contribution is 7.99. The summed E-state index contributed by atoms with van der Waals surface area (Å²) in [6.45, 7) is 6.93. The number of allylic oxidation sites excluding steroid dienone is 3. The van der Waals surface area contributed by atoms with Gasteiger partial charge in [-0.15, -0.1) is 16.8 Å². The number of para-hydroxylation sites is 1. The van der Waals surface area contributed by atoms with Crippen molar-refractivity contribution in [1.29, 1.82) is 5.26 Å². The van der Waals surface area contributed by atoms with Crippen LogP contribution in [0.15, 0.2) is 66.0 Å². The molecule has 9 heteroatoms. The number of nitrogens with zero attached hydrogens (tertiary/aromatic N) is 7. The molecule has 1 atom stereocenters. The maximum Gasteiger partial charge on any atom is 0.256 e. The Morgan fingerprint density at radius 1 is 1.17 bits per heavy atom. The van der Waals surface area contributed by atoms with Gasteiger partial charge in [-0.25, -0.2) is 4.68 Å². The van der Waals surface area contributed by atoms with Crippen molar-refractivity contribution in [2.45, 2.75) is 6.92 Å². The Kier molecular flexibility index (Phi) is 5.52. The van der Waals surface area contributed by atoms with Crippen molar-refractivity contribution in [3.63, 3.8) is 0 Å². The van der Waals surface area contributed by atoms with E-state index in [4.69, 9.17) is 5.10 Å². The minimum absolute atomic E-state index is 0.186. The highest BCUT2D eigenvalue weighted by Crippen LogP contribution is 2.38. The summed E-state index contributed by atoms with van der Waals surface area (Å²) in [6, 6.07) is 12.0. The molecule has 8 nitrogen and oxygen atoms in total. The van der Waals surface area contributed by atoms with E-state index in [1.807, 2.05) is 52.5 Å². The quantitative estimate of drug-likeness (QED) is 0.619. The van der Waals surface area contributed by atoms with Crippen molar-refractivity contribution in [2.75, 3.05) is 55.8 Å². The van der Waals surface area contributed by atoms with E-state index in [0.29, 0.717) is 16.7 Å². The van der Waals surface area contributed by atoms with Crippen LogP contribution in [0.2, 0.25) is 0 Å². The summed E-state index contributed by atoms with van der Waals surface area (Å²) in [5, 5.41) is 16.8. The van der Waals surface area contributed by atoms with Crippen molar-refractivity contribution in [3.05, 3.63) is 77.3 Å². The van der Waals surface area contributed by atoms with Crippen LogP contribution in [0.4, 0.5) is 5.82 Å². The maximum atomic E-state index is 13.1. The zero-order chi connectivity index (χ0) is 24.0. The zero-order valence-corrected chi connectivity index (χ0v) is 20.6. The van der Waals surface area contributed by atoms with Crippen molar-refractivity contribution in [3.8, 4) is 11.8 Å². The van der Waals surface area contributed by atoms with Crippen LogP contribution in [0.1, 0.15) is 11.3 Å². The number of fused-ring (bicyclic) bond motifs is 1. The third-order valence-corrected chi connectivity index (χ3v) is 8.21. The van der Waals surface area contributed by atoms with Gasteiger partial charge in [0, 0.05) is 43.6 Å². The lowest BCUT2D eigenvalue weighted by molar-refractivity contribution is -0.948. The molecule has 5 heterocycles. The van der Waals surface area contributed by atoms with Gasteiger partial charge in [-0.3, -0.25) is 4.79 Å². The lowest BCUT2D eigenvalue weighted by atomic mass is 10.2. The summed E-state index contributed by atoms with van der Waals surface area (Å²) in [5.74, 6) is 3.02. The minimum Gasteiger partial charge on any atom is -0.353 e. The number of hydrogen-bond acceptors (Lipinski definition) is 6. The van der Waals surface area contributed by atoms with Gasteiger partial charge in [0.1, 0.15) is 24.6 Å². The molecule has 178 valence electrons. The van der Waals surface area contributed by atoms with Gasteiger partial charge in [0.25, 0.3) is 5.91 Å². The molecule has 6 rings (SSSR count). The topological polar surface area (TPSA) is 68.4 Å².